The van der Waals surface area contributed by atoms with Crippen LogP contribution in [0.4, 0.5) is 0 Å². The van der Waals surface area contributed by atoms with Gasteiger partial charge in [-0.3, -0.25) is 0 Å². The van der Waals surface area contributed by atoms with Gasteiger partial charge >= 0.3 is 0 Å². The first-order valence-corrected chi connectivity index (χ1v) is 7.59. The molecule has 1 aliphatic heterocycles. The molecule has 2 aliphatic rings. The average Bonchev–Trinajstić information content (AvgIpc) is 3.10. The molecule has 2 nitrogen and oxygen atoms in total. The molecule has 98 valence electrons. The Morgan fingerprint density at radius 1 is 1.33 bits per heavy atom. The molecule has 1 heterocycles. The van der Waals surface area contributed by atoms with Crippen LogP contribution in [-0.2, 0) is 11.3 Å². The van der Waals surface area contributed by atoms with Crippen LogP contribution >= 0.6 is 15.9 Å². The highest BCUT2D eigenvalue weighted by molar-refractivity contribution is 9.10. The second-order valence-corrected chi connectivity index (χ2v) is 6.46. The minimum Gasteiger partial charge on any atom is -0.379 e. The first-order chi connectivity index (χ1) is 8.74. The van der Waals surface area contributed by atoms with Gasteiger partial charge in [-0.25, -0.2) is 0 Å². The summed E-state index contributed by atoms with van der Waals surface area (Å²) in [6, 6.07) is 7.13. The standard InChI is InChI=1S/C15H20BrNO/c1-10-6-11(2-5-14(10)16)7-17-15-9-18-8-13(15)12-3-4-12/h2,5-6,12-13,15,17H,3-4,7-9H2,1H3. The predicted molar refractivity (Wildman–Crippen MR) is 76.5 cm³/mol. The lowest BCUT2D eigenvalue weighted by atomic mass is 9.98. The van der Waals surface area contributed by atoms with Crippen LogP contribution in [0.25, 0.3) is 0 Å². The van der Waals surface area contributed by atoms with Gasteiger partial charge in [0.05, 0.1) is 13.2 Å². The molecule has 1 saturated heterocycles. The second kappa shape index (κ2) is 5.32. The van der Waals surface area contributed by atoms with E-state index in [1.807, 2.05) is 0 Å². The fourth-order valence-electron chi connectivity index (χ4n) is 2.84. The van der Waals surface area contributed by atoms with Crippen molar-refractivity contribution in [2.75, 3.05) is 13.2 Å². The molecule has 1 aliphatic carbocycles. The van der Waals surface area contributed by atoms with E-state index < -0.39 is 0 Å². The van der Waals surface area contributed by atoms with Crippen LogP contribution in [0.15, 0.2) is 22.7 Å². The van der Waals surface area contributed by atoms with E-state index in [-0.39, 0.29) is 0 Å². The second-order valence-electron chi connectivity index (χ2n) is 5.61. The van der Waals surface area contributed by atoms with E-state index in [0.717, 1.165) is 31.6 Å². The first kappa shape index (κ1) is 12.6. The number of nitrogens with one attached hydrogen (secondary N) is 1. The zero-order valence-electron chi connectivity index (χ0n) is 10.8. The molecule has 1 saturated carbocycles. The van der Waals surface area contributed by atoms with Crippen molar-refractivity contribution in [2.45, 2.75) is 32.4 Å². The van der Waals surface area contributed by atoms with Crippen LogP contribution in [0.2, 0.25) is 0 Å². The lowest BCUT2D eigenvalue weighted by molar-refractivity contribution is 0.180. The van der Waals surface area contributed by atoms with Gasteiger partial charge in [0.25, 0.3) is 0 Å². The largest absolute Gasteiger partial charge is 0.379 e. The number of hydrogen-bond donors (Lipinski definition) is 1. The van der Waals surface area contributed by atoms with E-state index >= 15 is 0 Å². The maximum absolute atomic E-state index is 5.63. The van der Waals surface area contributed by atoms with Crippen LogP contribution in [0.3, 0.4) is 0 Å². The van der Waals surface area contributed by atoms with Gasteiger partial charge in [-0.15, -0.1) is 0 Å². The van der Waals surface area contributed by atoms with Crippen molar-refractivity contribution >= 4 is 15.9 Å². The molecule has 18 heavy (non-hydrogen) atoms. The predicted octanol–water partition coefficient (Wildman–Crippen LogP) is 3.27. The van der Waals surface area contributed by atoms with Gasteiger partial charge < -0.3 is 10.1 Å². The molecule has 1 N–H and O–H groups in total. The molecule has 3 heteroatoms. The van der Waals surface area contributed by atoms with Crippen molar-refractivity contribution in [3.05, 3.63) is 33.8 Å². The molecule has 0 spiro atoms. The Balaban J connectivity index is 1.58. The zero-order chi connectivity index (χ0) is 12.5. The van der Waals surface area contributed by atoms with Crippen LogP contribution in [-0.4, -0.2) is 19.3 Å². The fraction of sp³-hybridized carbons (Fsp3) is 0.600. The Hall–Kier alpha value is -0.380. The smallest absolute Gasteiger partial charge is 0.0623 e. The lowest BCUT2D eigenvalue weighted by Crippen LogP contribution is -2.36. The molecule has 2 atom stereocenters. The van der Waals surface area contributed by atoms with Crippen LogP contribution < -0.4 is 5.32 Å². The molecule has 3 rings (SSSR count). The number of hydrogen-bond acceptors (Lipinski definition) is 2. The molecule has 0 aromatic heterocycles. The van der Waals surface area contributed by atoms with E-state index in [1.54, 1.807) is 0 Å². The van der Waals surface area contributed by atoms with Gasteiger partial charge in [-0.1, -0.05) is 28.1 Å². The number of benzene rings is 1. The van der Waals surface area contributed by atoms with Gasteiger partial charge in [0.1, 0.15) is 0 Å². The van der Waals surface area contributed by atoms with Crippen LogP contribution in [0.5, 0.6) is 0 Å². The maximum atomic E-state index is 5.63. The van der Waals surface area contributed by atoms with Crippen molar-refractivity contribution in [3.8, 4) is 0 Å². The fourth-order valence-corrected chi connectivity index (χ4v) is 3.08. The van der Waals surface area contributed by atoms with Gasteiger partial charge in [0.2, 0.25) is 0 Å². The summed E-state index contributed by atoms with van der Waals surface area (Å²) >= 11 is 3.54. The molecular weight excluding hydrogens is 290 g/mol. The van der Waals surface area contributed by atoms with Gasteiger partial charge in [-0.2, -0.15) is 0 Å². The van der Waals surface area contributed by atoms with E-state index in [4.69, 9.17) is 4.74 Å². The van der Waals surface area contributed by atoms with Crippen molar-refractivity contribution in [3.63, 3.8) is 0 Å². The van der Waals surface area contributed by atoms with E-state index in [9.17, 15) is 0 Å². The van der Waals surface area contributed by atoms with Gasteiger partial charge in [-0.05, 0) is 42.9 Å². The van der Waals surface area contributed by atoms with Crippen LogP contribution in [0.1, 0.15) is 24.0 Å². The molecule has 0 bridgehead atoms. The van der Waals surface area contributed by atoms with Crippen molar-refractivity contribution in [1.82, 2.24) is 5.32 Å². The van der Waals surface area contributed by atoms with E-state index in [2.05, 4.69) is 46.4 Å². The Kier molecular flexibility index (Phi) is 3.73. The van der Waals surface area contributed by atoms with Crippen molar-refractivity contribution in [2.24, 2.45) is 11.8 Å². The average molecular weight is 310 g/mol. The molecule has 1 aromatic carbocycles. The highest BCUT2D eigenvalue weighted by Crippen LogP contribution is 2.40. The third-order valence-electron chi connectivity index (χ3n) is 4.14. The Labute approximate surface area is 117 Å². The van der Waals surface area contributed by atoms with Crippen molar-refractivity contribution in [1.29, 1.82) is 0 Å². The molecular formula is C15H20BrNO. The summed E-state index contributed by atoms with van der Waals surface area (Å²) in [5.74, 6) is 1.68. The number of aryl methyl sites for hydroxylation is 1. The summed E-state index contributed by atoms with van der Waals surface area (Å²) in [5.41, 5.74) is 2.66. The highest BCUT2D eigenvalue weighted by atomic mass is 79.9. The monoisotopic (exact) mass is 309 g/mol. The Morgan fingerprint density at radius 3 is 2.89 bits per heavy atom. The molecule has 0 amide bonds. The molecule has 2 fully saturated rings. The summed E-state index contributed by atoms with van der Waals surface area (Å²) < 4.78 is 6.82. The quantitative estimate of drug-likeness (QED) is 0.921. The number of halogens is 1. The van der Waals surface area contributed by atoms with Crippen molar-refractivity contribution < 1.29 is 4.74 Å². The minimum absolute atomic E-state index is 0.557. The summed E-state index contributed by atoms with van der Waals surface area (Å²) in [6.07, 6.45) is 2.81. The van der Waals surface area contributed by atoms with Crippen LogP contribution in [0, 0.1) is 18.8 Å². The molecule has 0 radical (unpaired) electrons. The summed E-state index contributed by atoms with van der Waals surface area (Å²) in [7, 11) is 0. The lowest BCUT2D eigenvalue weighted by Gasteiger charge is -2.18. The summed E-state index contributed by atoms with van der Waals surface area (Å²) in [4.78, 5) is 0. The Morgan fingerprint density at radius 2 is 2.17 bits per heavy atom. The summed E-state index contributed by atoms with van der Waals surface area (Å²) in [6.45, 7) is 4.93. The molecule has 2 unspecified atom stereocenters. The number of rotatable bonds is 4. The van der Waals surface area contributed by atoms with Gasteiger partial charge in [0, 0.05) is 23.0 Å². The maximum Gasteiger partial charge on any atom is 0.0623 e. The zero-order valence-corrected chi connectivity index (χ0v) is 12.4. The normalized spacial score (nSPS) is 27.7. The third kappa shape index (κ3) is 2.79. The molecule has 1 aromatic rings. The van der Waals surface area contributed by atoms with E-state index in [0.29, 0.717) is 6.04 Å². The first-order valence-electron chi connectivity index (χ1n) is 6.80. The Bertz CT molecular complexity index is 431. The minimum atomic E-state index is 0.557. The van der Waals surface area contributed by atoms with E-state index in [1.165, 1.54) is 28.4 Å². The number of ether oxygens (including phenoxy) is 1. The topological polar surface area (TPSA) is 21.3 Å². The summed E-state index contributed by atoms with van der Waals surface area (Å²) in [5, 5.41) is 3.68. The van der Waals surface area contributed by atoms with Gasteiger partial charge in [0.15, 0.2) is 0 Å². The SMILES string of the molecule is Cc1cc(CNC2COCC2C2CC2)ccc1Br. The third-order valence-corrected chi connectivity index (χ3v) is 5.03. The highest BCUT2D eigenvalue weighted by Gasteiger charge is 2.39.